The summed E-state index contributed by atoms with van der Waals surface area (Å²) in [5.41, 5.74) is 2.07. The first kappa shape index (κ1) is 29.4. The van der Waals surface area contributed by atoms with Crippen LogP contribution in [0.25, 0.3) is 0 Å². The van der Waals surface area contributed by atoms with E-state index >= 15 is 0 Å². The molecule has 1 heterocycles. The molecule has 3 N–H and O–H groups in total. The Morgan fingerprint density at radius 3 is 2.42 bits per heavy atom. The minimum Gasteiger partial charge on any atom is -0.494 e. The molecule has 0 unspecified atom stereocenters. The van der Waals surface area contributed by atoms with Crippen LogP contribution in [0.5, 0.6) is 17.2 Å². The summed E-state index contributed by atoms with van der Waals surface area (Å²) in [6.07, 6.45) is 5.81. The number of amides is 1. The second kappa shape index (κ2) is 16.5. The summed E-state index contributed by atoms with van der Waals surface area (Å²) in [5, 5.41) is 9.81. The molecule has 3 aromatic rings. The van der Waals surface area contributed by atoms with Gasteiger partial charge in [0, 0.05) is 26.1 Å². The van der Waals surface area contributed by atoms with Crippen molar-refractivity contribution in [2.24, 2.45) is 0 Å². The van der Waals surface area contributed by atoms with Crippen LogP contribution in [-0.2, 0) is 11.3 Å². The van der Waals surface area contributed by atoms with Gasteiger partial charge < -0.3 is 25.4 Å². The summed E-state index contributed by atoms with van der Waals surface area (Å²) < 4.78 is 11.9. The number of hydrogen-bond donors (Lipinski definition) is 3. The smallest absolute Gasteiger partial charge is 0.220 e. The molecular weight excluding hydrogens is 520 g/mol. The number of piperidine rings is 1. The number of carbonyl (C=O) groups is 1. The van der Waals surface area contributed by atoms with Gasteiger partial charge in [-0.1, -0.05) is 48.9 Å². The molecule has 0 bridgehead atoms. The highest BCUT2D eigenvalue weighted by molar-refractivity contribution is 7.80. The fraction of sp³-hybridized carbons (Fsp3) is 0.375. The standard InChI is InChI=1S/C32H40N4O3S/c37-31(33-20-11-23-38-28-15-9-12-26(24-28)25-36-21-7-2-8-22-36)18-10-19-34-32(40)35-29-16-5-6-17-30(29)39-27-13-3-1-4-14-27/h1,3-6,9,12-17,24H,2,7-8,10-11,18-23,25H2,(H,33,37)(H2,34,35,40). The lowest BCUT2D eigenvalue weighted by atomic mass is 10.1. The lowest BCUT2D eigenvalue weighted by molar-refractivity contribution is -0.121. The first-order valence-corrected chi connectivity index (χ1v) is 14.6. The fourth-order valence-corrected chi connectivity index (χ4v) is 4.79. The van der Waals surface area contributed by atoms with Crippen molar-refractivity contribution in [1.82, 2.24) is 15.5 Å². The molecule has 3 aromatic carbocycles. The monoisotopic (exact) mass is 560 g/mol. The predicted molar refractivity (Wildman–Crippen MR) is 165 cm³/mol. The molecule has 0 atom stereocenters. The van der Waals surface area contributed by atoms with Crippen LogP contribution < -0.4 is 25.4 Å². The van der Waals surface area contributed by atoms with Gasteiger partial charge in [-0.05, 0) is 93.0 Å². The molecule has 4 rings (SSSR count). The van der Waals surface area contributed by atoms with Gasteiger partial charge in [0.2, 0.25) is 5.91 Å². The van der Waals surface area contributed by atoms with Crippen LogP contribution in [0.1, 0.15) is 44.1 Å². The highest BCUT2D eigenvalue weighted by Crippen LogP contribution is 2.29. The topological polar surface area (TPSA) is 74.9 Å². The van der Waals surface area contributed by atoms with E-state index in [1.54, 1.807) is 0 Å². The molecule has 0 radical (unpaired) electrons. The van der Waals surface area contributed by atoms with Crippen molar-refractivity contribution in [2.45, 2.75) is 45.1 Å². The number of benzene rings is 3. The zero-order chi connectivity index (χ0) is 27.8. The van der Waals surface area contributed by atoms with Gasteiger partial charge in [0.05, 0.1) is 12.3 Å². The molecule has 40 heavy (non-hydrogen) atoms. The fourth-order valence-electron chi connectivity index (χ4n) is 4.58. The number of ether oxygens (including phenoxy) is 2. The van der Waals surface area contributed by atoms with E-state index in [0.717, 1.165) is 30.2 Å². The maximum absolute atomic E-state index is 12.2. The molecule has 1 fully saturated rings. The molecule has 212 valence electrons. The summed E-state index contributed by atoms with van der Waals surface area (Å²) in [6, 6.07) is 25.6. The second-order valence-corrected chi connectivity index (χ2v) is 10.3. The van der Waals surface area contributed by atoms with Crippen molar-refractivity contribution in [1.29, 1.82) is 0 Å². The Balaban J connectivity index is 1.05. The van der Waals surface area contributed by atoms with E-state index < -0.39 is 0 Å². The molecule has 1 amide bonds. The molecule has 1 aliphatic rings. The molecule has 8 heteroatoms. The number of para-hydroxylation sites is 3. The Morgan fingerprint density at radius 2 is 1.57 bits per heavy atom. The molecule has 1 saturated heterocycles. The van der Waals surface area contributed by atoms with Crippen LogP contribution in [0.2, 0.25) is 0 Å². The largest absolute Gasteiger partial charge is 0.494 e. The van der Waals surface area contributed by atoms with E-state index in [2.05, 4.69) is 39.0 Å². The van der Waals surface area contributed by atoms with Crippen molar-refractivity contribution in [3.63, 3.8) is 0 Å². The molecule has 1 aliphatic heterocycles. The molecule has 0 spiro atoms. The summed E-state index contributed by atoms with van der Waals surface area (Å²) in [4.78, 5) is 14.7. The van der Waals surface area contributed by atoms with E-state index in [1.807, 2.05) is 60.7 Å². The Morgan fingerprint density at radius 1 is 0.825 bits per heavy atom. The van der Waals surface area contributed by atoms with E-state index in [-0.39, 0.29) is 5.91 Å². The SMILES string of the molecule is O=C(CCCNC(=S)Nc1ccccc1Oc1ccccc1)NCCCOc1cccc(CN2CCCCC2)c1. The first-order valence-electron chi connectivity index (χ1n) is 14.2. The number of nitrogens with zero attached hydrogens (tertiary/aromatic N) is 1. The number of nitrogens with one attached hydrogen (secondary N) is 3. The zero-order valence-electron chi connectivity index (χ0n) is 23.1. The van der Waals surface area contributed by atoms with Crippen molar-refractivity contribution in [3.8, 4) is 17.2 Å². The van der Waals surface area contributed by atoms with Crippen molar-refractivity contribution in [3.05, 3.63) is 84.4 Å². The summed E-state index contributed by atoms with van der Waals surface area (Å²) in [7, 11) is 0. The molecule has 0 saturated carbocycles. The van der Waals surface area contributed by atoms with Crippen LogP contribution >= 0.6 is 12.2 Å². The minimum absolute atomic E-state index is 0.0332. The highest BCUT2D eigenvalue weighted by atomic mass is 32.1. The Kier molecular flexibility index (Phi) is 12.1. The van der Waals surface area contributed by atoms with Gasteiger partial charge in [-0.15, -0.1) is 0 Å². The van der Waals surface area contributed by atoms with Gasteiger partial charge >= 0.3 is 0 Å². The van der Waals surface area contributed by atoms with Crippen molar-refractivity contribution in [2.75, 3.05) is 38.1 Å². The van der Waals surface area contributed by atoms with Gasteiger partial charge in [-0.25, -0.2) is 0 Å². The van der Waals surface area contributed by atoms with E-state index in [1.165, 1.54) is 37.9 Å². The van der Waals surface area contributed by atoms with Crippen LogP contribution in [0.15, 0.2) is 78.9 Å². The van der Waals surface area contributed by atoms with E-state index in [4.69, 9.17) is 21.7 Å². The third-order valence-corrected chi connectivity index (χ3v) is 6.88. The number of thiocarbonyl (C=S) groups is 1. The zero-order valence-corrected chi connectivity index (χ0v) is 23.9. The molecule has 7 nitrogen and oxygen atoms in total. The average Bonchev–Trinajstić information content (AvgIpc) is 2.97. The number of hydrogen-bond acceptors (Lipinski definition) is 5. The summed E-state index contributed by atoms with van der Waals surface area (Å²) >= 11 is 5.43. The van der Waals surface area contributed by atoms with Crippen LogP contribution in [0, 0.1) is 0 Å². The third-order valence-electron chi connectivity index (χ3n) is 6.64. The first-order chi connectivity index (χ1) is 19.7. The Labute approximate surface area is 243 Å². The second-order valence-electron chi connectivity index (χ2n) is 9.93. The normalized spacial score (nSPS) is 13.3. The van der Waals surface area contributed by atoms with Crippen LogP contribution in [0.4, 0.5) is 5.69 Å². The molecule has 0 aliphatic carbocycles. The van der Waals surface area contributed by atoms with Gasteiger partial charge in [-0.3, -0.25) is 9.69 Å². The number of carbonyl (C=O) groups excluding carboxylic acids is 1. The summed E-state index contributed by atoms with van der Waals surface area (Å²) in [5.74, 6) is 2.37. The van der Waals surface area contributed by atoms with Crippen LogP contribution in [0.3, 0.4) is 0 Å². The van der Waals surface area contributed by atoms with Gasteiger partial charge in [0.25, 0.3) is 0 Å². The van der Waals surface area contributed by atoms with Gasteiger partial charge in [0.15, 0.2) is 10.9 Å². The maximum atomic E-state index is 12.2. The summed E-state index contributed by atoms with van der Waals surface area (Å²) in [6.45, 7) is 5.12. The van der Waals surface area contributed by atoms with Crippen LogP contribution in [-0.4, -0.2) is 48.7 Å². The quantitative estimate of drug-likeness (QED) is 0.162. The molecular formula is C32H40N4O3S. The number of anilines is 1. The third kappa shape index (κ3) is 10.5. The lowest BCUT2D eigenvalue weighted by Crippen LogP contribution is -2.31. The van der Waals surface area contributed by atoms with Crippen molar-refractivity contribution < 1.29 is 14.3 Å². The minimum atomic E-state index is 0.0332. The predicted octanol–water partition coefficient (Wildman–Crippen LogP) is 6.12. The Hall–Kier alpha value is -3.62. The number of rotatable bonds is 14. The van der Waals surface area contributed by atoms with Gasteiger partial charge in [0.1, 0.15) is 11.5 Å². The van der Waals surface area contributed by atoms with E-state index in [9.17, 15) is 4.79 Å². The van der Waals surface area contributed by atoms with Crippen molar-refractivity contribution >= 4 is 28.9 Å². The number of likely N-dealkylation sites (tertiary alicyclic amines) is 1. The average molecular weight is 561 g/mol. The lowest BCUT2D eigenvalue weighted by Gasteiger charge is -2.26. The molecule has 0 aromatic heterocycles. The highest BCUT2D eigenvalue weighted by Gasteiger charge is 2.11. The van der Waals surface area contributed by atoms with Gasteiger partial charge in [-0.2, -0.15) is 0 Å². The Bertz CT molecular complexity index is 1200. The van der Waals surface area contributed by atoms with E-state index in [0.29, 0.717) is 43.4 Å². The maximum Gasteiger partial charge on any atom is 0.220 e.